The van der Waals surface area contributed by atoms with Crippen LogP contribution >= 0.6 is 0 Å². The van der Waals surface area contributed by atoms with Gasteiger partial charge in [-0.2, -0.15) is 4.98 Å². The highest BCUT2D eigenvalue weighted by Crippen LogP contribution is 2.35. The number of benzene rings is 1. The van der Waals surface area contributed by atoms with E-state index in [1.165, 1.54) is 12.8 Å². The van der Waals surface area contributed by atoms with E-state index in [0.29, 0.717) is 17.8 Å². The zero-order chi connectivity index (χ0) is 24.9. The third-order valence-corrected chi connectivity index (χ3v) is 8.13. The number of methoxy groups -OCH3 is 1. The van der Waals surface area contributed by atoms with Crippen molar-refractivity contribution in [3.63, 3.8) is 0 Å². The number of hydrogen-bond acceptors (Lipinski definition) is 7. The number of anilines is 3. The lowest BCUT2D eigenvalue weighted by atomic mass is 9.89. The van der Waals surface area contributed by atoms with Gasteiger partial charge in [-0.15, -0.1) is 0 Å². The number of amides is 1. The summed E-state index contributed by atoms with van der Waals surface area (Å²) in [4.78, 5) is 24.6. The molecular weight excluding hydrogens is 454 g/mol. The van der Waals surface area contributed by atoms with Crippen molar-refractivity contribution in [2.24, 2.45) is 5.92 Å². The molecule has 8 heteroatoms. The van der Waals surface area contributed by atoms with Gasteiger partial charge in [0.1, 0.15) is 11.6 Å². The lowest BCUT2D eigenvalue weighted by molar-refractivity contribution is -0.136. The molecule has 3 aliphatic rings. The first kappa shape index (κ1) is 24.8. The molecule has 5 rings (SSSR count). The molecule has 36 heavy (non-hydrogen) atoms. The molecule has 0 spiro atoms. The Morgan fingerprint density at radius 3 is 2.53 bits per heavy atom. The number of likely N-dealkylation sites (tertiary alicyclic amines) is 1. The Morgan fingerprint density at radius 1 is 1.06 bits per heavy atom. The minimum absolute atomic E-state index is 0.194. The summed E-state index contributed by atoms with van der Waals surface area (Å²) in [6.07, 6.45) is 11.6. The van der Waals surface area contributed by atoms with Crippen molar-refractivity contribution >= 4 is 23.4 Å². The van der Waals surface area contributed by atoms with Crippen LogP contribution in [0.3, 0.4) is 0 Å². The van der Waals surface area contributed by atoms with Crippen LogP contribution in [-0.4, -0.2) is 58.2 Å². The molecule has 0 unspecified atom stereocenters. The molecule has 1 amide bonds. The Balaban J connectivity index is 1.31. The van der Waals surface area contributed by atoms with Crippen LogP contribution in [0.15, 0.2) is 30.5 Å². The Morgan fingerprint density at radius 2 is 1.81 bits per heavy atom. The van der Waals surface area contributed by atoms with Gasteiger partial charge in [0.2, 0.25) is 11.9 Å². The largest absolute Gasteiger partial charge is 0.497 e. The van der Waals surface area contributed by atoms with Crippen molar-refractivity contribution in [2.75, 3.05) is 30.8 Å². The van der Waals surface area contributed by atoms with Crippen LogP contribution < -0.4 is 15.4 Å². The van der Waals surface area contributed by atoms with E-state index in [4.69, 9.17) is 9.72 Å². The van der Waals surface area contributed by atoms with E-state index >= 15 is 0 Å². The van der Waals surface area contributed by atoms with Gasteiger partial charge in [0.05, 0.1) is 13.2 Å². The maximum Gasteiger partial charge on any atom is 0.229 e. The third-order valence-electron chi connectivity index (χ3n) is 8.13. The van der Waals surface area contributed by atoms with E-state index in [1.54, 1.807) is 7.11 Å². The van der Waals surface area contributed by atoms with E-state index in [-0.39, 0.29) is 18.1 Å². The fraction of sp³-hybridized carbons (Fsp3) is 0.607. The molecule has 8 nitrogen and oxygen atoms in total. The van der Waals surface area contributed by atoms with Gasteiger partial charge in [0.15, 0.2) is 0 Å². The highest BCUT2D eigenvalue weighted by atomic mass is 16.5. The van der Waals surface area contributed by atoms with Gasteiger partial charge in [-0.3, -0.25) is 4.79 Å². The molecule has 0 bridgehead atoms. The van der Waals surface area contributed by atoms with Gasteiger partial charge in [0, 0.05) is 48.6 Å². The molecule has 3 fully saturated rings. The summed E-state index contributed by atoms with van der Waals surface area (Å²) >= 11 is 0. The van der Waals surface area contributed by atoms with Crippen LogP contribution in [0.2, 0.25) is 0 Å². The number of hydrogen-bond donors (Lipinski definition) is 3. The van der Waals surface area contributed by atoms with E-state index in [1.807, 2.05) is 30.5 Å². The highest BCUT2D eigenvalue weighted by Gasteiger charge is 2.32. The van der Waals surface area contributed by atoms with Gasteiger partial charge in [-0.05, 0) is 69.4 Å². The van der Waals surface area contributed by atoms with Gasteiger partial charge in [-0.1, -0.05) is 18.9 Å². The number of aliphatic hydroxyl groups excluding tert-OH is 1. The lowest BCUT2D eigenvalue weighted by Crippen LogP contribution is -2.41. The predicted molar refractivity (Wildman–Crippen MR) is 141 cm³/mol. The van der Waals surface area contributed by atoms with Crippen molar-refractivity contribution in [2.45, 2.75) is 82.3 Å². The van der Waals surface area contributed by atoms with Crippen molar-refractivity contribution in [1.29, 1.82) is 0 Å². The van der Waals surface area contributed by atoms with E-state index in [9.17, 15) is 9.90 Å². The van der Waals surface area contributed by atoms with Crippen LogP contribution in [0.25, 0.3) is 0 Å². The Kier molecular flexibility index (Phi) is 7.90. The summed E-state index contributed by atoms with van der Waals surface area (Å²) in [6.45, 7) is 1.61. The van der Waals surface area contributed by atoms with E-state index in [2.05, 4.69) is 20.5 Å². The standard InChI is InChI=1S/C28H39N5O3/c1-36-24-8-4-7-22(17-24)31-28-29-18-25(26(32-28)30-21-9-11-23(34)12-10-21)19-13-15-33(16-14-19)27(35)20-5-2-3-6-20/h4,7-8,17-21,23,34H,2-3,5-6,9-16H2,1H3,(H2,29,30,31,32). The maximum absolute atomic E-state index is 12.9. The topological polar surface area (TPSA) is 99.6 Å². The zero-order valence-corrected chi connectivity index (χ0v) is 21.3. The molecule has 194 valence electrons. The number of nitrogens with zero attached hydrogens (tertiary/aromatic N) is 3. The summed E-state index contributed by atoms with van der Waals surface area (Å²) in [5.41, 5.74) is 2.00. The smallest absolute Gasteiger partial charge is 0.229 e. The number of aliphatic hydroxyl groups is 1. The minimum atomic E-state index is -0.194. The zero-order valence-electron chi connectivity index (χ0n) is 21.3. The fourth-order valence-corrected chi connectivity index (χ4v) is 5.95. The SMILES string of the molecule is COc1cccc(Nc2ncc(C3CCN(C(=O)C4CCCC4)CC3)c(NC3CCC(O)CC3)n2)c1. The summed E-state index contributed by atoms with van der Waals surface area (Å²) in [5.74, 6) is 3.11. The average molecular weight is 494 g/mol. The van der Waals surface area contributed by atoms with Gasteiger partial charge in [0.25, 0.3) is 0 Å². The molecule has 0 radical (unpaired) electrons. The van der Waals surface area contributed by atoms with Gasteiger partial charge < -0.3 is 25.4 Å². The fourth-order valence-electron chi connectivity index (χ4n) is 5.95. The molecule has 2 aliphatic carbocycles. The van der Waals surface area contributed by atoms with Crippen LogP contribution in [-0.2, 0) is 4.79 Å². The second kappa shape index (κ2) is 11.5. The number of piperidine rings is 1. The lowest BCUT2D eigenvalue weighted by Gasteiger charge is -2.35. The van der Waals surface area contributed by atoms with Crippen LogP contribution in [0.1, 0.15) is 75.7 Å². The Bertz CT molecular complexity index is 1030. The molecule has 2 aromatic rings. The summed E-state index contributed by atoms with van der Waals surface area (Å²) in [6, 6.07) is 8.01. The minimum Gasteiger partial charge on any atom is -0.497 e. The van der Waals surface area contributed by atoms with Gasteiger partial charge in [-0.25, -0.2) is 4.98 Å². The van der Waals surface area contributed by atoms with E-state index in [0.717, 1.165) is 87.3 Å². The average Bonchev–Trinajstić information content (AvgIpc) is 3.45. The maximum atomic E-state index is 12.9. The molecule has 0 atom stereocenters. The number of aromatic nitrogens is 2. The summed E-state index contributed by atoms with van der Waals surface area (Å²) < 4.78 is 5.34. The highest BCUT2D eigenvalue weighted by molar-refractivity contribution is 5.79. The van der Waals surface area contributed by atoms with Crippen molar-refractivity contribution in [3.05, 3.63) is 36.0 Å². The molecule has 1 aromatic carbocycles. The molecule has 1 saturated heterocycles. The van der Waals surface area contributed by atoms with Gasteiger partial charge >= 0.3 is 0 Å². The van der Waals surface area contributed by atoms with Crippen LogP contribution in [0, 0.1) is 5.92 Å². The van der Waals surface area contributed by atoms with E-state index < -0.39 is 0 Å². The first-order valence-corrected chi connectivity index (χ1v) is 13.6. The number of ether oxygens (including phenoxy) is 1. The number of carbonyl (C=O) groups is 1. The summed E-state index contributed by atoms with van der Waals surface area (Å²) in [5, 5.41) is 16.9. The molecular formula is C28H39N5O3. The van der Waals surface area contributed by atoms with Crippen molar-refractivity contribution in [1.82, 2.24) is 14.9 Å². The number of rotatable bonds is 7. The first-order chi connectivity index (χ1) is 17.6. The van der Waals surface area contributed by atoms with Crippen molar-refractivity contribution in [3.8, 4) is 5.75 Å². The molecule has 2 heterocycles. The first-order valence-electron chi connectivity index (χ1n) is 13.6. The quantitative estimate of drug-likeness (QED) is 0.507. The second-order valence-corrected chi connectivity index (χ2v) is 10.6. The second-order valence-electron chi connectivity index (χ2n) is 10.6. The Hall–Kier alpha value is -2.87. The number of carbonyl (C=O) groups excluding carboxylic acids is 1. The van der Waals surface area contributed by atoms with Crippen LogP contribution in [0.5, 0.6) is 5.75 Å². The number of nitrogens with one attached hydrogen (secondary N) is 2. The Labute approximate surface area is 213 Å². The van der Waals surface area contributed by atoms with Crippen LogP contribution in [0.4, 0.5) is 17.5 Å². The third kappa shape index (κ3) is 5.91. The molecule has 1 aromatic heterocycles. The molecule has 2 saturated carbocycles. The van der Waals surface area contributed by atoms with Crippen molar-refractivity contribution < 1.29 is 14.6 Å². The predicted octanol–water partition coefficient (Wildman–Crippen LogP) is 4.84. The summed E-state index contributed by atoms with van der Waals surface area (Å²) in [7, 11) is 1.65. The monoisotopic (exact) mass is 493 g/mol. The molecule has 1 aliphatic heterocycles. The molecule has 3 N–H and O–H groups in total. The normalized spacial score (nSPS) is 23.4.